The lowest BCUT2D eigenvalue weighted by atomic mass is 9.93. The molecule has 2 nitrogen and oxygen atoms in total. The highest BCUT2D eigenvalue weighted by molar-refractivity contribution is 5.22. The van der Waals surface area contributed by atoms with Crippen LogP contribution >= 0.6 is 0 Å². The monoisotopic (exact) mass is 281 g/mol. The molecule has 1 atom stereocenters. The second-order valence-electron chi connectivity index (χ2n) is 5.76. The number of unbranched alkanes of at least 4 members (excludes halogenated alkanes) is 1. The van der Waals surface area contributed by atoms with Gasteiger partial charge < -0.3 is 10.1 Å². The lowest BCUT2D eigenvalue weighted by Crippen LogP contribution is -2.26. The van der Waals surface area contributed by atoms with Crippen LogP contribution in [0.3, 0.4) is 0 Å². The third-order valence-corrected chi connectivity index (χ3v) is 3.44. The standard InChI is InChI=1S/C17H28FNO/c1-14(2)12-19-13-15(8-6-7-11-20-3)16-9-4-5-10-17(16)18/h4-5,9-10,14-15,19H,6-8,11-13H2,1-3H3. The van der Waals surface area contributed by atoms with Crippen LogP contribution in [0, 0.1) is 11.7 Å². The van der Waals surface area contributed by atoms with E-state index in [1.165, 1.54) is 0 Å². The predicted octanol–water partition coefficient (Wildman–Crippen LogP) is 3.97. The minimum atomic E-state index is -0.0874. The van der Waals surface area contributed by atoms with Crippen molar-refractivity contribution in [3.8, 4) is 0 Å². The smallest absolute Gasteiger partial charge is 0.126 e. The first kappa shape index (κ1) is 17.1. The maximum absolute atomic E-state index is 13.9. The van der Waals surface area contributed by atoms with Gasteiger partial charge in [-0.25, -0.2) is 4.39 Å². The average molecular weight is 281 g/mol. The Hall–Kier alpha value is -0.930. The second-order valence-corrected chi connectivity index (χ2v) is 5.76. The van der Waals surface area contributed by atoms with E-state index in [-0.39, 0.29) is 11.7 Å². The van der Waals surface area contributed by atoms with Crippen LogP contribution in [0.25, 0.3) is 0 Å². The molecule has 1 aromatic rings. The van der Waals surface area contributed by atoms with Crippen LogP contribution in [0.2, 0.25) is 0 Å². The van der Waals surface area contributed by atoms with Gasteiger partial charge in [0.1, 0.15) is 5.82 Å². The predicted molar refractivity (Wildman–Crippen MR) is 82.6 cm³/mol. The van der Waals surface area contributed by atoms with Crippen molar-refractivity contribution in [2.24, 2.45) is 5.92 Å². The first-order valence-electron chi connectivity index (χ1n) is 7.59. The molecule has 0 radical (unpaired) electrons. The Morgan fingerprint density at radius 1 is 1.15 bits per heavy atom. The van der Waals surface area contributed by atoms with Crippen molar-refractivity contribution in [3.63, 3.8) is 0 Å². The molecular weight excluding hydrogens is 253 g/mol. The third-order valence-electron chi connectivity index (χ3n) is 3.44. The zero-order chi connectivity index (χ0) is 14.8. The van der Waals surface area contributed by atoms with Crippen molar-refractivity contribution in [1.82, 2.24) is 5.32 Å². The number of benzene rings is 1. The molecule has 0 aliphatic carbocycles. The van der Waals surface area contributed by atoms with Gasteiger partial charge in [0.25, 0.3) is 0 Å². The summed E-state index contributed by atoms with van der Waals surface area (Å²) in [6, 6.07) is 7.14. The molecule has 0 amide bonds. The van der Waals surface area contributed by atoms with Gasteiger partial charge in [-0.3, -0.25) is 0 Å². The van der Waals surface area contributed by atoms with Gasteiger partial charge in [-0.15, -0.1) is 0 Å². The fraction of sp³-hybridized carbons (Fsp3) is 0.647. The molecule has 0 spiro atoms. The lowest BCUT2D eigenvalue weighted by Gasteiger charge is -2.19. The van der Waals surface area contributed by atoms with Crippen LogP contribution < -0.4 is 5.32 Å². The number of nitrogens with one attached hydrogen (secondary N) is 1. The van der Waals surface area contributed by atoms with E-state index >= 15 is 0 Å². The SMILES string of the molecule is COCCCCC(CNCC(C)C)c1ccccc1F. The summed E-state index contributed by atoms with van der Waals surface area (Å²) in [7, 11) is 1.72. The Kier molecular flexibility index (Phi) is 8.47. The molecule has 114 valence electrons. The summed E-state index contributed by atoms with van der Waals surface area (Å²) in [6.45, 7) is 6.96. The fourth-order valence-electron chi connectivity index (χ4n) is 2.36. The Balaban J connectivity index is 2.56. The van der Waals surface area contributed by atoms with Crippen molar-refractivity contribution in [2.75, 3.05) is 26.8 Å². The first-order valence-corrected chi connectivity index (χ1v) is 7.59. The molecule has 0 fully saturated rings. The van der Waals surface area contributed by atoms with Gasteiger partial charge in [0.15, 0.2) is 0 Å². The van der Waals surface area contributed by atoms with Crippen molar-refractivity contribution >= 4 is 0 Å². The average Bonchev–Trinajstić information content (AvgIpc) is 2.42. The Labute approximate surface area is 122 Å². The van der Waals surface area contributed by atoms with E-state index in [0.717, 1.165) is 44.5 Å². The zero-order valence-corrected chi connectivity index (χ0v) is 13.0. The number of hydrogen-bond acceptors (Lipinski definition) is 2. The molecule has 0 aliphatic rings. The molecule has 0 aliphatic heterocycles. The van der Waals surface area contributed by atoms with Gasteiger partial charge >= 0.3 is 0 Å². The van der Waals surface area contributed by atoms with Crippen molar-refractivity contribution < 1.29 is 9.13 Å². The molecule has 0 aromatic heterocycles. The highest BCUT2D eigenvalue weighted by Gasteiger charge is 2.15. The number of methoxy groups -OCH3 is 1. The van der Waals surface area contributed by atoms with Gasteiger partial charge in [-0.2, -0.15) is 0 Å². The van der Waals surface area contributed by atoms with E-state index in [1.807, 2.05) is 12.1 Å². The topological polar surface area (TPSA) is 21.3 Å². The number of halogens is 1. The molecular formula is C17H28FNO. The molecule has 3 heteroatoms. The molecule has 0 saturated heterocycles. The molecule has 20 heavy (non-hydrogen) atoms. The maximum Gasteiger partial charge on any atom is 0.126 e. The van der Waals surface area contributed by atoms with Gasteiger partial charge in [-0.1, -0.05) is 38.5 Å². The molecule has 1 rings (SSSR count). The number of rotatable bonds is 10. The fourth-order valence-corrected chi connectivity index (χ4v) is 2.36. The van der Waals surface area contributed by atoms with Crippen LogP contribution in [-0.4, -0.2) is 26.8 Å². The number of hydrogen-bond donors (Lipinski definition) is 1. The molecule has 1 aromatic carbocycles. The summed E-state index contributed by atoms with van der Waals surface area (Å²) < 4.78 is 19.0. The van der Waals surface area contributed by atoms with E-state index in [0.29, 0.717) is 5.92 Å². The summed E-state index contributed by atoms with van der Waals surface area (Å²) in [5.41, 5.74) is 0.834. The summed E-state index contributed by atoms with van der Waals surface area (Å²) in [5, 5.41) is 3.45. The van der Waals surface area contributed by atoms with E-state index < -0.39 is 0 Å². The van der Waals surface area contributed by atoms with Crippen LogP contribution in [0.15, 0.2) is 24.3 Å². The summed E-state index contributed by atoms with van der Waals surface area (Å²) in [5.74, 6) is 0.771. The second kappa shape index (κ2) is 9.89. The van der Waals surface area contributed by atoms with Crippen LogP contribution in [-0.2, 0) is 4.74 Å². The van der Waals surface area contributed by atoms with Crippen LogP contribution in [0.5, 0.6) is 0 Å². The van der Waals surface area contributed by atoms with E-state index in [2.05, 4.69) is 19.2 Å². The van der Waals surface area contributed by atoms with E-state index in [9.17, 15) is 4.39 Å². The minimum absolute atomic E-state index is 0.0874. The highest BCUT2D eigenvalue weighted by atomic mass is 19.1. The molecule has 1 N–H and O–H groups in total. The summed E-state index contributed by atoms with van der Waals surface area (Å²) >= 11 is 0. The third kappa shape index (κ3) is 6.49. The zero-order valence-electron chi connectivity index (χ0n) is 13.0. The van der Waals surface area contributed by atoms with Crippen molar-refractivity contribution in [1.29, 1.82) is 0 Å². The molecule has 0 heterocycles. The van der Waals surface area contributed by atoms with Gasteiger partial charge in [0.05, 0.1) is 0 Å². The van der Waals surface area contributed by atoms with Crippen molar-refractivity contribution in [2.45, 2.75) is 39.0 Å². The van der Waals surface area contributed by atoms with Crippen molar-refractivity contribution in [3.05, 3.63) is 35.6 Å². The normalized spacial score (nSPS) is 12.8. The summed E-state index contributed by atoms with van der Waals surface area (Å²) in [4.78, 5) is 0. The van der Waals surface area contributed by atoms with E-state index in [1.54, 1.807) is 19.2 Å². The van der Waals surface area contributed by atoms with Crippen LogP contribution in [0.1, 0.15) is 44.6 Å². The quantitative estimate of drug-likeness (QED) is 0.655. The minimum Gasteiger partial charge on any atom is -0.385 e. The van der Waals surface area contributed by atoms with Crippen LogP contribution in [0.4, 0.5) is 4.39 Å². The maximum atomic E-state index is 13.9. The Morgan fingerprint density at radius 3 is 2.55 bits per heavy atom. The Bertz CT molecular complexity index is 368. The molecule has 0 bridgehead atoms. The Morgan fingerprint density at radius 2 is 1.90 bits per heavy atom. The van der Waals surface area contributed by atoms with Gasteiger partial charge in [-0.05, 0) is 42.9 Å². The first-order chi connectivity index (χ1) is 9.65. The van der Waals surface area contributed by atoms with E-state index in [4.69, 9.17) is 4.74 Å². The van der Waals surface area contributed by atoms with Gasteiger partial charge in [0.2, 0.25) is 0 Å². The summed E-state index contributed by atoms with van der Waals surface area (Å²) in [6.07, 6.45) is 3.09. The molecule has 1 unspecified atom stereocenters. The highest BCUT2D eigenvalue weighted by Crippen LogP contribution is 2.24. The molecule has 0 saturated carbocycles. The van der Waals surface area contributed by atoms with Gasteiger partial charge in [0, 0.05) is 20.3 Å². The number of ether oxygens (including phenoxy) is 1. The lowest BCUT2D eigenvalue weighted by molar-refractivity contribution is 0.191. The largest absolute Gasteiger partial charge is 0.385 e.